The van der Waals surface area contributed by atoms with Crippen molar-refractivity contribution in [3.8, 4) is 0 Å². The summed E-state index contributed by atoms with van der Waals surface area (Å²) < 4.78 is 29.5. The summed E-state index contributed by atoms with van der Waals surface area (Å²) in [6, 6.07) is 9.99. The van der Waals surface area contributed by atoms with Crippen LogP contribution in [-0.4, -0.2) is 66.3 Å². The van der Waals surface area contributed by atoms with Gasteiger partial charge in [0.25, 0.3) is 5.91 Å². The third kappa shape index (κ3) is 5.00. The minimum absolute atomic E-state index is 0.00551. The lowest BCUT2D eigenvalue weighted by atomic mass is 9.82. The third-order valence-corrected chi connectivity index (χ3v) is 8.72. The Bertz CT molecular complexity index is 946. The van der Waals surface area contributed by atoms with Crippen LogP contribution in [0.5, 0.6) is 0 Å². The highest BCUT2D eigenvalue weighted by Crippen LogP contribution is 2.44. The normalized spacial score (nSPS) is 24.1. The molecule has 2 fully saturated rings. The molecule has 3 unspecified atom stereocenters. The highest BCUT2D eigenvalue weighted by Gasteiger charge is 2.51. The van der Waals surface area contributed by atoms with Crippen LogP contribution in [0.2, 0.25) is 0 Å². The minimum atomic E-state index is -1.56. The average Bonchev–Trinajstić information content (AvgIpc) is 3.51. The van der Waals surface area contributed by atoms with Crippen molar-refractivity contribution in [3.05, 3.63) is 58.0 Å². The Hall–Kier alpha value is -1.83. The topological polar surface area (TPSA) is 40.5 Å². The van der Waals surface area contributed by atoms with Crippen molar-refractivity contribution in [2.24, 2.45) is 5.92 Å². The van der Waals surface area contributed by atoms with E-state index in [2.05, 4.69) is 0 Å². The van der Waals surface area contributed by atoms with Crippen molar-refractivity contribution >= 4 is 17.2 Å². The summed E-state index contributed by atoms with van der Waals surface area (Å²) in [6.07, 6.45) is 3.68. The van der Waals surface area contributed by atoms with Gasteiger partial charge < -0.3 is 14.5 Å². The second kappa shape index (κ2) is 9.80. The van der Waals surface area contributed by atoms with Crippen molar-refractivity contribution in [2.45, 2.75) is 56.3 Å². The molecule has 1 aromatic carbocycles. The number of piperidine rings is 1. The highest BCUT2D eigenvalue weighted by atomic mass is 32.1. The van der Waals surface area contributed by atoms with Crippen LogP contribution < -0.4 is 0 Å². The number of hydrogen-bond donors (Lipinski definition) is 1. The molecule has 4 nitrogen and oxygen atoms in total. The second-order valence-electron chi connectivity index (χ2n) is 10.2. The molecule has 1 aromatic heterocycles. The summed E-state index contributed by atoms with van der Waals surface area (Å²) in [5, 5.41) is 13.6. The SMILES string of the molecule is C[N+](C)(CCc1cccc(F)c1)C1CCN(C(=O)C(O)(c2cccs2)C2CCCC2)CC1F. The van der Waals surface area contributed by atoms with Crippen molar-refractivity contribution in [1.82, 2.24) is 4.90 Å². The van der Waals surface area contributed by atoms with E-state index in [1.54, 1.807) is 11.0 Å². The van der Waals surface area contributed by atoms with Gasteiger partial charge in [0.15, 0.2) is 11.8 Å². The van der Waals surface area contributed by atoms with E-state index in [0.29, 0.717) is 35.3 Å². The standard InChI is InChI=1S/C26H35F2N2O2S/c1-30(2,15-13-19-7-5-10-21(27)17-19)23-12-14-29(18-22(23)28)25(31)26(32,20-8-3-4-9-20)24-11-6-16-33-24/h5-7,10-11,16-17,20,22-23,32H,3-4,8-9,12-15,18H2,1-2H3/q+1. The molecule has 33 heavy (non-hydrogen) atoms. The zero-order valence-electron chi connectivity index (χ0n) is 19.6. The number of rotatable bonds is 7. The van der Waals surface area contributed by atoms with E-state index in [1.807, 2.05) is 37.7 Å². The van der Waals surface area contributed by atoms with Crippen LogP contribution in [0.4, 0.5) is 8.78 Å². The highest BCUT2D eigenvalue weighted by molar-refractivity contribution is 7.10. The van der Waals surface area contributed by atoms with Gasteiger partial charge in [0.05, 0.1) is 27.2 Å². The van der Waals surface area contributed by atoms with E-state index in [9.17, 15) is 14.3 Å². The van der Waals surface area contributed by atoms with Crippen molar-refractivity contribution in [1.29, 1.82) is 0 Å². The molecule has 2 aliphatic rings. The van der Waals surface area contributed by atoms with Gasteiger partial charge in [-0.2, -0.15) is 0 Å². The van der Waals surface area contributed by atoms with Crippen LogP contribution in [0.1, 0.15) is 42.5 Å². The lowest BCUT2D eigenvalue weighted by Gasteiger charge is -2.46. The molecule has 0 radical (unpaired) electrons. The number of aliphatic hydroxyl groups is 1. The first-order valence-electron chi connectivity index (χ1n) is 12.0. The summed E-state index contributed by atoms with van der Waals surface area (Å²) in [5.74, 6) is -0.713. The molecule has 1 saturated heterocycles. The summed E-state index contributed by atoms with van der Waals surface area (Å²) >= 11 is 1.40. The van der Waals surface area contributed by atoms with Crippen LogP contribution in [0.15, 0.2) is 41.8 Å². The smallest absolute Gasteiger partial charge is 0.260 e. The fourth-order valence-electron chi connectivity index (χ4n) is 5.70. The second-order valence-corrected chi connectivity index (χ2v) is 11.2. The fraction of sp³-hybridized carbons (Fsp3) is 0.577. The van der Waals surface area contributed by atoms with E-state index in [0.717, 1.165) is 31.2 Å². The number of benzene rings is 1. The molecule has 1 aliphatic carbocycles. The van der Waals surface area contributed by atoms with Crippen LogP contribution in [0.25, 0.3) is 0 Å². The van der Waals surface area contributed by atoms with Gasteiger partial charge in [-0.25, -0.2) is 8.78 Å². The summed E-state index contributed by atoms with van der Waals surface area (Å²) in [7, 11) is 4.02. The number of thiophene rings is 1. The number of likely N-dealkylation sites (N-methyl/N-ethyl adjacent to an activating group) is 1. The first-order chi connectivity index (χ1) is 15.7. The van der Waals surface area contributed by atoms with E-state index in [4.69, 9.17) is 0 Å². The number of quaternary nitrogens is 1. The van der Waals surface area contributed by atoms with Crippen LogP contribution in [0, 0.1) is 11.7 Å². The molecule has 0 spiro atoms. The van der Waals surface area contributed by atoms with Crippen molar-refractivity contribution < 1.29 is 23.2 Å². The van der Waals surface area contributed by atoms with Crippen LogP contribution in [0.3, 0.4) is 0 Å². The molecular formula is C26H35F2N2O2S+. The maximum Gasteiger partial charge on any atom is 0.260 e. The predicted octanol–water partition coefficient (Wildman–Crippen LogP) is 4.52. The molecule has 1 saturated carbocycles. The Morgan fingerprint density at radius 3 is 2.61 bits per heavy atom. The van der Waals surface area contributed by atoms with E-state index in [-0.39, 0.29) is 30.2 Å². The van der Waals surface area contributed by atoms with Gasteiger partial charge in [0.1, 0.15) is 11.9 Å². The molecule has 1 aliphatic heterocycles. The average molecular weight is 478 g/mol. The maximum atomic E-state index is 15.5. The summed E-state index contributed by atoms with van der Waals surface area (Å²) in [6.45, 7) is 1.13. The molecule has 2 heterocycles. The van der Waals surface area contributed by atoms with Gasteiger partial charge in [-0.15, -0.1) is 11.3 Å². The Morgan fingerprint density at radius 1 is 1.21 bits per heavy atom. The van der Waals surface area contributed by atoms with Crippen LogP contribution >= 0.6 is 11.3 Å². The molecule has 180 valence electrons. The van der Waals surface area contributed by atoms with Gasteiger partial charge in [-0.05, 0) is 42.0 Å². The lowest BCUT2D eigenvalue weighted by molar-refractivity contribution is -0.918. The number of amides is 1. The zero-order valence-corrected chi connectivity index (χ0v) is 20.4. The van der Waals surface area contributed by atoms with Gasteiger partial charge >= 0.3 is 0 Å². The number of hydrogen-bond acceptors (Lipinski definition) is 3. The predicted molar refractivity (Wildman–Crippen MR) is 127 cm³/mol. The van der Waals surface area contributed by atoms with Crippen molar-refractivity contribution in [3.63, 3.8) is 0 Å². The van der Waals surface area contributed by atoms with Crippen molar-refractivity contribution in [2.75, 3.05) is 33.7 Å². The minimum Gasteiger partial charge on any atom is -0.374 e. The summed E-state index contributed by atoms with van der Waals surface area (Å²) in [4.78, 5) is 15.8. The number of carbonyl (C=O) groups is 1. The first-order valence-corrected chi connectivity index (χ1v) is 12.9. The molecule has 2 aromatic rings. The number of likely N-dealkylation sites (tertiary alicyclic amines) is 1. The molecule has 7 heteroatoms. The Kier molecular flexibility index (Phi) is 7.22. The van der Waals surface area contributed by atoms with Crippen LogP contribution in [-0.2, 0) is 16.8 Å². The monoisotopic (exact) mass is 477 g/mol. The zero-order chi connectivity index (χ0) is 23.6. The Balaban J connectivity index is 1.44. The van der Waals surface area contributed by atoms with E-state index >= 15 is 4.39 Å². The molecule has 0 bridgehead atoms. The van der Waals surface area contributed by atoms with Gasteiger partial charge in [-0.3, -0.25) is 4.79 Å². The molecule has 1 amide bonds. The Labute approximate surface area is 199 Å². The molecule has 3 atom stereocenters. The fourth-order valence-corrected chi connectivity index (χ4v) is 6.60. The van der Waals surface area contributed by atoms with Gasteiger partial charge in [-0.1, -0.05) is 31.0 Å². The lowest BCUT2D eigenvalue weighted by Crippen LogP contribution is -2.62. The van der Waals surface area contributed by atoms with E-state index in [1.165, 1.54) is 23.5 Å². The number of halogens is 2. The largest absolute Gasteiger partial charge is 0.374 e. The Morgan fingerprint density at radius 2 is 1.97 bits per heavy atom. The molecule has 4 rings (SSSR count). The summed E-state index contributed by atoms with van der Waals surface area (Å²) in [5.41, 5.74) is -0.652. The quantitative estimate of drug-likeness (QED) is 0.596. The first kappa shape index (κ1) is 24.3. The van der Waals surface area contributed by atoms with Gasteiger partial charge in [0, 0.05) is 30.2 Å². The maximum absolute atomic E-state index is 15.5. The number of alkyl halides is 1. The number of carbonyl (C=O) groups excluding carboxylic acids is 1. The van der Waals surface area contributed by atoms with Gasteiger partial charge in [0.2, 0.25) is 0 Å². The molecule has 1 N–H and O–H groups in total. The van der Waals surface area contributed by atoms with E-state index < -0.39 is 11.8 Å². The molecular weight excluding hydrogens is 442 g/mol. The number of nitrogens with zero attached hydrogens (tertiary/aromatic N) is 2. The third-order valence-electron chi connectivity index (χ3n) is 7.73.